The Kier molecular flexibility index (Phi) is 4.55. The molecule has 0 radical (unpaired) electrons. The molecule has 0 unspecified atom stereocenters. The largest absolute Gasteiger partial charge is 0.494 e. The summed E-state index contributed by atoms with van der Waals surface area (Å²) in [5, 5.41) is 12.8. The summed E-state index contributed by atoms with van der Waals surface area (Å²) < 4.78 is 33.2. The van der Waals surface area contributed by atoms with Crippen molar-refractivity contribution in [2.45, 2.75) is 4.90 Å². The molecule has 0 amide bonds. The molecule has 0 bridgehead atoms. The Morgan fingerprint density at radius 1 is 1.12 bits per heavy atom. The molecule has 0 atom stereocenters. The van der Waals surface area contributed by atoms with Crippen LogP contribution in [0.1, 0.15) is 0 Å². The van der Waals surface area contributed by atoms with Crippen molar-refractivity contribution in [2.75, 3.05) is 25.7 Å². The van der Waals surface area contributed by atoms with Gasteiger partial charge in [-0.15, -0.1) is 5.10 Å². The van der Waals surface area contributed by atoms with Crippen molar-refractivity contribution >= 4 is 32.2 Å². The fourth-order valence-electron chi connectivity index (χ4n) is 3.60. The van der Waals surface area contributed by atoms with E-state index in [0.717, 1.165) is 16.5 Å². The number of hydrogen-bond acceptors (Lipinski definition) is 8. The fourth-order valence-corrected chi connectivity index (χ4v) is 4.24. The number of pyridine rings is 1. The van der Waals surface area contributed by atoms with E-state index in [9.17, 15) is 8.42 Å². The van der Waals surface area contributed by atoms with Gasteiger partial charge in [-0.25, -0.2) is 22.6 Å². The number of fused-ring (bicyclic) bond motifs is 2. The van der Waals surface area contributed by atoms with Crippen LogP contribution < -0.4 is 10.1 Å². The molecule has 10 nitrogen and oxygen atoms in total. The normalized spacial score (nSPS) is 11.8. The van der Waals surface area contributed by atoms with Gasteiger partial charge in [0.2, 0.25) is 0 Å². The van der Waals surface area contributed by atoms with Crippen molar-refractivity contribution in [2.24, 2.45) is 0 Å². The average Bonchev–Trinajstić information content (AvgIpc) is 3.39. The average molecular weight is 449 g/mol. The van der Waals surface area contributed by atoms with Crippen LogP contribution >= 0.6 is 0 Å². The third kappa shape index (κ3) is 3.14. The van der Waals surface area contributed by atoms with Gasteiger partial charge in [-0.05, 0) is 30.3 Å². The second kappa shape index (κ2) is 7.31. The van der Waals surface area contributed by atoms with Crippen LogP contribution in [0.4, 0.5) is 5.82 Å². The number of nitrogens with one attached hydrogen (secondary N) is 1. The smallest absolute Gasteiger partial charge is 0.175 e. The van der Waals surface area contributed by atoms with Gasteiger partial charge in [-0.2, -0.15) is 5.10 Å². The standard InChI is InChI=1S/C21H19N7O3S/c1-22-20-15-11-24-16(14-12-25-27-8-4-7-23-21(14)27)10-17(15)28(26-20)18-9-13(32(3,29)30)5-6-19(18)31-2/h4-12H,1-3H3,(H,22,26). The second-order valence-electron chi connectivity index (χ2n) is 7.15. The van der Waals surface area contributed by atoms with Gasteiger partial charge in [-0.1, -0.05) is 0 Å². The molecule has 4 aromatic heterocycles. The Morgan fingerprint density at radius 2 is 1.97 bits per heavy atom. The minimum atomic E-state index is -3.42. The molecule has 162 valence electrons. The van der Waals surface area contributed by atoms with Gasteiger partial charge in [-0.3, -0.25) is 4.98 Å². The molecule has 5 aromatic rings. The molecular formula is C21H19N7O3S. The summed E-state index contributed by atoms with van der Waals surface area (Å²) >= 11 is 0. The fraction of sp³-hybridized carbons (Fsp3) is 0.143. The van der Waals surface area contributed by atoms with Gasteiger partial charge in [0.05, 0.1) is 40.4 Å². The van der Waals surface area contributed by atoms with Crippen LogP contribution in [0.15, 0.2) is 60.0 Å². The Hall–Kier alpha value is -3.99. The maximum absolute atomic E-state index is 12.2. The van der Waals surface area contributed by atoms with E-state index in [-0.39, 0.29) is 4.90 Å². The van der Waals surface area contributed by atoms with Gasteiger partial charge in [0.15, 0.2) is 21.3 Å². The number of nitrogens with zero attached hydrogens (tertiary/aromatic N) is 6. The van der Waals surface area contributed by atoms with E-state index in [2.05, 4.69) is 25.5 Å². The first-order valence-electron chi connectivity index (χ1n) is 9.64. The molecule has 0 spiro atoms. The summed E-state index contributed by atoms with van der Waals surface area (Å²) in [6.07, 6.45) is 8.11. The van der Waals surface area contributed by atoms with E-state index in [1.54, 1.807) is 53.0 Å². The zero-order valence-corrected chi connectivity index (χ0v) is 18.3. The summed E-state index contributed by atoms with van der Waals surface area (Å²) in [7, 11) is -0.130. The number of sulfone groups is 1. The molecule has 11 heteroatoms. The number of rotatable bonds is 5. The van der Waals surface area contributed by atoms with Crippen LogP contribution in [0.3, 0.4) is 0 Å². The number of methoxy groups -OCH3 is 1. The van der Waals surface area contributed by atoms with Crippen LogP contribution in [0.2, 0.25) is 0 Å². The predicted octanol–water partition coefficient (Wildman–Crippen LogP) is 2.58. The Bertz CT molecular complexity index is 1590. The number of anilines is 1. The van der Waals surface area contributed by atoms with E-state index in [0.29, 0.717) is 28.6 Å². The molecule has 0 aliphatic carbocycles. The first-order chi connectivity index (χ1) is 15.4. The van der Waals surface area contributed by atoms with Crippen molar-refractivity contribution in [3.63, 3.8) is 0 Å². The number of benzene rings is 1. The van der Waals surface area contributed by atoms with E-state index in [4.69, 9.17) is 4.74 Å². The topological polar surface area (TPSA) is 116 Å². The molecule has 5 rings (SSSR count). The van der Waals surface area contributed by atoms with Gasteiger partial charge in [0, 0.05) is 31.9 Å². The summed E-state index contributed by atoms with van der Waals surface area (Å²) in [5.41, 5.74) is 3.32. The highest BCUT2D eigenvalue weighted by Gasteiger charge is 2.19. The first kappa shape index (κ1) is 19.9. The van der Waals surface area contributed by atoms with E-state index < -0.39 is 9.84 Å². The first-order valence-corrected chi connectivity index (χ1v) is 11.5. The van der Waals surface area contributed by atoms with Crippen LogP contribution in [0.5, 0.6) is 5.75 Å². The minimum absolute atomic E-state index is 0.170. The maximum Gasteiger partial charge on any atom is 0.175 e. The zero-order valence-electron chi connectivity index (χ0n) is 17.5. The molecule has 0 fully saturated rings. The maximum atomic E-state index is 12.2. The van der Waals surface area contributed by atoms with Gasteiger partial charge in [0.1, 0.15) is 11.4 Å². The Balaban J connectivity index is 1.78. The molecule has 0 saturated heterocycles. The van der Waals surface area contributed by atoms with Crippen LogP contribution in [0, 0.1) is 0 Å². The minimum Gasteiger partial charge on any atom is -0.494 e. The van der Waals surface area contributed by atoms with Gasteiger partial charge in [0.25, 0.3) is 0 Å². The molecule has 0 saturated carbocycles. The molecule has 1 aromatic carbocycles. The molecular weight excluding hydrogens is 430 g/mol. The van der Waals surface area contributed by atoms with Crippen molar-refractivity contribution < 1.29 is 13.2 Å². The summed E-state index contributed by atoms with van der Waals surface area (Å²) in [6, 6.07) is 8.36. The molecule has 1 N–H and O–H groups in total. The predicted molar refractivity (Wildman–Crippen MR) is 120 cm³/mol. The number of ether oxygens (including phenoxy) is 1. The van der Waals surface area contributed by atoms with Crippen LogP contribution in [-0.4, -0.2) is 58.2 Å². The summed E-state index contributed by atoms with van der Waals surface area (Å²) in [5.74, 6) is 1.09. The molecule has 0 aliphatic rings. The number of hydrogen-bond donors (Lipinski definition) is 1. The van der Waals surface area contributed by atoms with Crippen molar-refractivity contribution in [1.29, 1.82) is 0 Å². The zero-order chi connectivity index (χ0) is 22.5. The highest BCUT2D eigenvalue weighted by Crippen LogP contribution is 2.33. The second-order valence-corrected chi connectivity index (χ2v) is 9.16. The monoisotopic (exact) mass is 449 g/mol. The molecule has 4 heterocycles. The lowest BCUT2D eigenvalue weighted by molar-refractivity contribution is 0.411. The van der Waals surface area contributed by atoms with Crippen molar-refractivity contribution in [3.05, 3.63) is 55.1 Å². The highest BCUT2D eigenvalue weighted by molar-refractivity contribution is 7.90. The van der Waals surface area contributed by atoms with E-state index in [1.165, 1.54) is 19.4 Å². The van der Waals surface area contributed by atoms with Crippen LogP contribution in [0.25, 0.3) is 33.5 Å². The van der Waals surface area contributed by atoms with E-state index >= 15 is 0 Å². The lowest BCUT2D eigenvalue weighted by atomic mass is 10.2. The van der Waals surface area contributed by atoms with Gasteiger partial charge < -0.3 is 10.1 Å². The lowest BCUT2D eigenvalue weighted by Crippen LogP contribution is -2.04. The van der Waals surface area contributed by atoms with E-state index in [1.807, 2.05) is 12.3 Å². The number of aromatic nitrogens is 6. The molecule has 0 aliphatic heterocycles. The van der Waals surface area contributed by atoms with Crippen LogP contribution in [-0.2, 0) is 9.84 Å². The quantitative estimate of drug-likeness (QED) is 0.435. The third-order valence-electron chi connectivity index (χ3n) is 5.16. The SMILES string of the molecule is CNc1nn(-c2cc(S(C)(=O)=O)ccc2OC)c2cc(-c3cnn4cccnc34)ncc12. The highest BCUT2D eigenvalue weighted by atomic mass is 32.2. The third-order valence-corrected chi connectivity index (χ3v) is 6.27. The molecule has 32 heavy (non-hydrogen) atoms. The van der Waals surface area contributed by atoms with Gasteiger partial charge >= 0.3 is 0 Å². The Labute approximate surface area is 183 Å². The van der Waals surface area contributed by atoms with Crippen molar-refractivity contribution in [3.8, 4) is 22.7 Å². The Morgan fingerprint density at radius 3 is 2.72 bits per heavy atom. The summed E-state index contributed by atoms with van der Waals surface area (Å²) in [6.45, 7) is 0. The lowest BCUT2D eigenvalue weighted by Gasteiger charge is -2.11. The summed E-state index contributed by atoms with van der Waals surface area (Å²) in [4.78, 5) is 9.18. The van der Waals surface area contributed by atoms with Crippen molar-refractivity contribution in [1.82, 2.24) is 29.4 Å².